The number of hydrogen-bond donors (Lipinski definition) is 1. The van der Waals surface area contributed by atoms with E-state index in [1.807, 2.05) is 0 Å². The Morgan fingerprint density at radius 2 is 1.79 bits per heavy atom. The van der Waals surface area contributed by atoms with Crippen molar-refractivity contribution in [1.82, 2.24) is 0 Å². The van der Waals surface area contributed by atoms with E-state index < -0.39 is 0 Å². The van der Waals surface area contributed by atoms with Crippen LogP contribution in [0.3, 0.4) is 0 Å². The minimum Gasteiger partial charge on any atom is -0.324 e. The van der Waals surface area contributed by atoms with Gasteiger partial charge >= 0.3 is 0 Å². The van der Waals surface area contributed by atoms with E-state index in [9.17, 15) is 4.39 Å². The Kier molecular flexibility index (Phi) is 3.27. The van der Waals surface area contributed by atoms with Crippen molar-refractivity contribution in [2.75, 3.05) is 0 Å². The predicted octanol–water partition coefficient (Wildman–Crippen LogP) is 3.26. The van der Waals surface area contributed by atoms with Crippen LogP contribution >= 0.6 is 0 Å². The van der Waals surface area contributed by atoms with Gasteiger partial charge in [-0.25, -0.2) is 4.39 Å². The van der Waals surface area contributed by atoms with Gasteiger partial charge in [-0.15, -0.1) is 0 Å². The summed E-state index contributed by atoms with van der Waals surface area (Å²) < 4.78 is 12.7. The standard InChI is InChI=1S/C12H18FN/c1-4-12(2,3)11(14)9-5-7-10(13)8-6-9/h5-8,11H,4,14H2,1-3H3. The first-order valence-corrected chi connectivity index (χ1v) is 4.98. The van der Waals surface area contributed by atoms with Crippen molar-refractivity contribution in [3.8, 4) is 0 Å². The molecule has 0 bridgehead atoms. The zero-order valence-electron chi connectivity index (χ0n) is 9.05. The van der Waals surface area contributed by atoms with Gasteiger partial charge in [0.1, 0.15) is 5.82 Å². The maximum absolute atomic E-state index is 12.7. The second-order valence-corrected chi connectivity index (χ2v) is 4.37. The lowest BCUT2D eigenvalue weighted by atomic mass is 9.79. The van der Waals surface area contributed by atoms with E-state index in [0.29, 0.717) is 0 Å². The molecule has 78 valence electrons. The summed E-state index contributed by atoms with van der Waals surface area (Å²) in [7, 11) is 0. The highest BCUT2D eigenvalue weighted by molar-refractivity contribution is 5.21. The van der Waals surface area contributed by atoms with Crippen LogP contribution in [0, 0.1) is 11.2 Å². The highest BCUT2D eigenvalue weighted by Gasteiger charge is 2.25. The van der Waals surface area contributed by atoms with Crippen molar-refractivity contribution in [2.24, 2.45) is 11.1 Å². The van der Waals surface area contributed by atoms with Crippen molar-refractivity contribution in [1.29, 1.82) is 0 Å². The molecule has 0 fully saturated rings. The van der Waals surface area contributed by atoms with Crippen LogP contribution in [0.25, 0.3) is 0 Å². The topological polar surface area (TPSA) is 26.0 Å². The summed E-state index contributed by atoms with van der Waals surface area (Å²) >= 11 is 0. The molecular weight excluding hydrogens is 177 g/mol. The molecule has 0 aromatic heterocycles. The zero-order chi connectivity index (χ0) is 10.8. The maximum atomic E-state index is 12.7. The molecule has 0 spiro atoms. The molecule has 1 rings (SSSR count). The Hall–Kier alpha value is -0.890. The van der Waals surface area contributed by atoms with Gasteiger partial charge in [0, 0.05) is 6.04 Å². The molecular formula is C12H18FN. The summed E-state index contributed by atoms with van der Waals surface area (Å²) in [5.41, 5.74) is 7.16. The van der Waals surface area contributed by atoms with E-state index in [4.69, 9.17) is 5.73 Å². The Morgan fingerprint density at radius 3 is 2.21 bits per heavy atom. The van der Waals surface area contributed by atoms with Crippen molar-refractivity contribution >= 4 is 0 Å². The van der Waals surface area contributed by atoms with Crippen LogP contribution in [-0.4, -0.2) is 0 Å². The highest BCUT2D eigenvalue weighted by Crippen LogP contribution is 2.33. The first-order chi connectivity index (χ1) is 6.47. The molecule has 2 N–H and O–H groups in total. The fourth-order valence-corrected chi connectivity index (χ4v) is 1.34. The van der Waals surface area contributed by atoms with Crippen molar-refractivity contribution < 1.29 is 4.39 Å². The second kappa shape index (κ2) is 4.09. The number of benzene rings is 1. The molecule has 14 heavy (non-hydrogen) atoms. The average Bonchev–Trinajstić information content (AvgIpc) is 2.18. The van der Waals surface area contributed by atoms with E-state index in [1.165, 1.54) is 12.1 Å². The molecule has 0 aliphatic carbocycles. The van der Waals surface area contributed by atoms with E-state index in [2.05, 4.69) is 20.8 Å². The van der Waals surface area contributed by atoms with E-state index >= 15 is 0 Å². The van der Waals surface area contributed by atoms with Gasteiger partial charge in [-0.1, -0.05) is 32.9 Å². The number of rotatable bonds is 3. The largest absolute Gasteiger partial charge is 0.324 e. The van der Waals surface area contributed by atoms with Gasteiger partial charge in [-0.2, -0.15) is 0 Å². The van der Waals surface area contributed by atoms with Crippen LogP contribution in [0.5, 0.6) is 0 Å². The molecule has 0 aliphatic heterocycles. The van der Waals surface area contributed by atoms with E-state index in [0.717, 1.165) is 12.0 Å². The van der Waals surface area contributed by atoms with Gasteiger partial charge in [0.2, 0.25) is 0 Å². The summed E-state index contributed by atoms with van der Waals surface area (Å²) in [6.45, 7) is 6.37. The van der Waals surface area contributed by atoms with Crippen LogP contribution in [0.2, 0.25) is 0 Å². The summed E-state index contributed by atoms with van der Waals surface area (Å²) in [5, 5.41) is 0. The number of halogens is 1. The normalized spacial score (nSPS) is 14.1. The summed E-state index contributed by atoms with van der Waals surface area (Å²) in [6.07, 6.45) is 1.01. The third-order valence-corrected chi connectivity index (χ3v) is 2.98. The summed E-state index contributed by atoms with van der Waals surface area (Å²) in [5.74, 6) is -0.213. The monoisotopic (exact) mass is 195 g/mol. The van der Waals surface area contributed by atoms with E-state index in [-0.39, 0.29) is 17.3 Å². The maximum Gasteiger partial charge on any atom is 0.123 e. The molecule has 0 saturated carbocycles. The lowest BCUT2D eigenvalue weighted by Crippen LogP contribution is -2.28. The third kappa shape index (κ3) is 2.32. The predicted molar refractivity (Wildman–Crippen MR) is 57.4 cm³/mol. The van der Waals surface area contributed by atoms with Gasteiger partial charge < -0.3 is 5.73 Å². The van der Waals surface area contributed by atoms with Gasteiger partial charge in [-0.3, -0.25) is 0 Å². The molecule has 2 heteroatoms. The molecule has 1 unspecified atom stereocenters. The second-order valence-electron chi connectivity index (χ2n) is 4.37. The fourth-order valence-electron chi connectivity index (χ4n) is 1.34. The Bertz CT molecular complexity index is 290. The third-order valence-electron chi connectivity index (χ3n) is 2.98. The molecule has 1 aromatic carbocycles. The van der Waals surface area contributed by atoms with Crippen molar-refractivity contribution in [3.63, 3.8) is 0 Å². The molecule has 0 saturated heterocycles. The summed E-state index contributed by atoms with van der Waals surface area (Å²) in [6, 6.07) is 6.41. The van der Waals surface area contributed by atoms with Crippen LogP contribution < -0.4 is 5.73 Å². The van der Waals surface area contributed by atoms with Crippen LogP contribution in [0.15, 0.2) is 24.3 Å². The lowest BCUT2D eigenvalue weighted by Gasteiger charge is -2.30. The van der Waals surface area contributed by atoms with Crippen LogP contribution in [0.4, 0.5) is 4.39 Å². The van der Waals surface area contributed by atoms with Gasteiger partial charge in [-0.05, 0) is 29.5 Å². The Morgan fingerprint density at radius 1 is 1.29 bits per heavy atom. The van der Waals surface area contributed by atoms with Crippen molar-refractivity contribution in [2.45, 2.75) is 33.2 Å². The SMILES string of the molecule is CCC(C)(C)C(N)c1ccc(F)cc1. The minimum absolute atomic E-state index is 0.0342. The van der Waals surface area contributed by atoms with Crippen molar-refractivity contribution in [3.05, 3.63) is 35.6 Å². The quantitative estimate of drug-likeness (QED) is 0.787. The molecule has 1 atom stereocenters. The smallest absolute Gasteiger partial charge is 0.123 e. The Balaban J connectivity index is 2.89. The minimum atomic E-state index is -0.213. The first-order valence-electron chi connectivity index (χ1n) is 4.98. The molecule has 1 nitrogen and oxygen atoms in total. The van der Waals surface area contributed by atoms with Crippen LogP contribution in [-0.2, 0) is 0 Å². The first kappa shape index (κ1) is 11.2. The van der Waals surface area contributed by atoms with Gasteiger partial charge in [0.15, 0.2) is 0 Å². The Labute approximate surface area is 85.1 Å². The fraction of sp³-hybridized carbons (Fsp3) is 0.500. The average molecular weight is 195 g/mol. The number of nitrogens with two attached hydrogens (primary N) is 1. The van der Waals surface area contributed by atoms with E-state index in [1.54, 1.807) is 12.1 Å². The lowest BCUT2D eigenvalue weighted by molar-refractivity contribution is 0.278. The van der Waals surface area contributed by atoms with Gasteiger partial charge in [0.05, 0.1) is 0 Å². The summed E-state index contributed by atoms with van der Waals surface area (Å²) in [4.78, 5) is 0. The van der Waals surface area contributed by atoms with Gasteiger partial charge in [0.25, 0.3) is 0 Å². The molecule has 0 radical (unpaired) electrons. The molecule has 0 aliphatic rings. The molecule has 0 heterocycles. The number of hydrogen-bond acceptors (Lipinski definition) is 1. The van der Waals surface area contributed by atoms with Crippen LogP contribution in [0.1, 0.15) is 38.8 Å². The highest BCUT2D eigenvalue weighted by atomic mass is 19.1. The molecule has 1 aromatic rings. The molecule has 0 amide bonds. The zero-order valence-corrected chi connectivity index (χ0v) is 9.05.